The first kappa shape index (κ1) is 19.3. The molecule has 0 atom stereocenters. The Kier molecular flexibility index (Phi) is 7.32. The van der Waals surface area contributed by atoms with Crippen LogP contribution in [0.25, 0.3) is 0 Å². The molecule has 0 fully saturated rings. The van der Waals surface area contributed by atoms with Gasteiger partial charge >= 0.3 is 0 Å². The molecule has 8 heteroatoms. The van der Waals surface area contributed by atoms with Crippen molar-refractivity contribution >= 4 is 46.0 Å². The van der Waals surface area contributed by atoms with Crippen molar-refractivity contribution in [2.75, 3.05) is 13.2 Å². The lowest BCUT2D eigenvalue weighted by Gasteiger charge is -2.12. The lowest BCUT2D eigenvalue weighted by atomic mass is 10.2. The van der Waals surface area contributed by atoms with Gasteiger partial charge in [0.1, 0.15) is 0 Å². The largest absolute Gasteiger partial charge is 0.490 e. The zero-order valence-electron chi connectivity index (χ0n) is 13.3. The summed E-state index contributed by atoms with van der Waals surface area (Å²) in [7, 11) is 0. The summed E-state index contributed by atoms with van der Waals surface area (Å²) in [6.45, 7) is 2.09. The van der Waals surface area contributed by atoms with E-state index < -0.39 is 11.8 Å². The van der Waals surface area contributed by atoms with E-state index in [-0.39, 0.29) is 6.61 Å². The van der Waals surface area contributed by atoms with Crippen molar-refractivity contribution in [3.63, 3.8) is 0 Å². The van der Waals surface area contributed by atoms with Gasteiger partial charge in [-0.2, -0.15) is 0 Å². The van der Waals surface area contributed by atoms with Crippen molar-refractivity contribution in [2.45, 2.75) is 6.92 Å². The average molecular weight is 475 g/mol. The number of ether oxygens (including phenoxy) is 2. The molecule has 0 unspecified atom stereocenters. The lowest BCUT2D eigenvalue weighted by Crippen LogP contribution is -2.43. The maximum atomic E-state index is 12.0. The second kappa shape index (κ2) is 9.47. The number of hydrogen-bond acceptors (Lipinski definition) is 4. The number of halogens is 2. The Morgan fingerprint density at radius 3 is 2.40 bits per heavy atom. The van der Waals surface area contributed by atoms with Gasteiger partial charge in [-0.1, -0.05) is 23.7 Å². The highest BCUT2D eigenvalue weighted by Gasteiger charge is 2.11. The molecule has 2 aromatic rings. The summed E-state index contributed by atoms with van der Waals surface area (Å²) in [5.74, 6) is 0.0663. The van der Waals surface area contributed by atoms with Crippen molar-refractivity contribution in [1.82, 2.24) is 10.9 Å². The highest BCUT2D eigenvalue weighted by molar-refractivity contribution is 14.1. The first-order chi connectivity index (χ1) is 12.0. The molecule has 25 heavy (non-hydrogen) atoms. The van der Waals surface area contributed by atoms with E-state index in [0.29, 0.717) is 28.7 Å². The minimum atomic E-state index is -0.497. The Morgan fingerprint density at radius 2 is 1.76 bits per heavy atom. The standard InChI is InChI=1S/C17H16ClIN2O4/c1-2-24-14-5-3-4-6-15(14)25-10-16(22)20-21-17(23)11-7-8-12(18)13(19)9-11/h3-9H,2,10H2,1H3,(H,20,22)(H,21,23). The van der Waals surface area contributed by atoms with E-state index in [1.807, 2.05) is 35.6 Å². The Hall–Kier alpha value is -2.00. The third-order valence-electron chi connectivity index (χ3n) is 3.01. The van der Waals surface area contributed by atoms with E-state index in [0.717, 1.165) is 3.57 Å². The molecule has 6 nitrogen and oxygen atoms in total. The van der Waals surface area contributed by atoms with E-state index in [2.05, 4.69) is 10.9 Å². The Bertz CT molecular complexity index is 770. The first-order valence-corrected chi connectivity index (χ1v) is 8.85. The normalized spacial score (nSPS) is 10.0. The molecule has 0 heterocycles. The Balaban J connectivity index is 1.84. The molecule has 0 spiro atoms. The van der Waals surface area contributed by atoms with E-state index >= 15 is 0 Å². The van der Waals surface area contributed by atoms with E-state index in [4.69, 9.17) is 21.1 Å². The van der Waals surface area contributed by atoms with Crippen LogP contribution in [0.1, 0.15) is 17.3 Å². The van der Waals surface area contributed by atoms with Crippen molar-refractivity contribution in [3.05, 3.63) is 56.6 Å². The fourth-order valence-corrected chi connectivity index (χ4v) is 2.49. The van der Waals surface area contributed by atoms with Gasteiger partial charge in [0.05, 0.1) is 11.6 Å². The Morgan fingerprint density at radius 1 is 1.08 bits per heavy atom. The van der Waals surface area contributed by atoms with Gasteiger partial charge in [-0.15, -0.1) is 0 Å². The molecule has 2 amide bonds. The zero-order chi connectivity index (χ0) is 18.2. The monoisotopic (exact) mass is 474 g/mol. The number of benzene rings is 2. The van der Waals surface area contributed by atoms with Crippen LogP contribution in [0.4, 0.5) is 0 Å². The molecular formula is C17H16ClIN2O4. The molecule has 0 saturated carbocycles. The second-order valence-electron chi connectivity index (χ2n) is 4.80. The summed E-state index contributed by atoms with van der Waals surface area (Å²) in [6, 6.07) is 11.9. The van der Waals surface area contributed by atoms with Crippen LogP contribution in [0.3, 0.4) is 0 Å². The molecule has 2 N–H and O–H groups in total. The molecule has 0 aliphatic carbocycles. The van der Waals surface area contributed by atoms with E-state index in [1.54, 1.807) is 36.4 Å². The molecule has 0 saturated heterocycles. The molecular weight excluding hydrogens is 459 g/mol. The van der Waals surface area contributed by atoms with Crippen LogP contribution in [0, 0.1) is 3.57 Å². The third kappa shape index (κ3) is 5.79. The summed E-state index contributed by atoms with van der Waals surface area (Å²) >= 11 is 7.94. The zero-order valence-corrected chi connectivity index (χ0v) is 16.3. The highest BCUT2D eigenvalue weighted by Crippen LogP contribution is 2.26. The number of hydrazine groups is 1. The molecule has 2 rings (SSSR count). The predicted octanol–water partition coefficient (Wildman–Crippen LogP) is 3.18. The minimum Gasteiger partial charge on any atom is -0.490 e. The topological polar surface area (TPSA) is 76.7 Å². The molecule has 132 valence electrons. The molecule has 0 aliphatic rings. The second-order valence-corrected chi connectivity index (χ2v) is 6.37. The minimum absolute atomic E-state index is 0.261. The summed E-state index contributed by atoms with van der Waals surface area (Å²) in [6.07, 6.45) is 0. The average Bonchev–Trinajstić information content (AvgIpc) is 2.61. The van der Waals surface area contributed by atoms with Gasteiger partial charge in [-0.3, -0.25) is 20.4 Å². The molecule has 0 bridgehead atoms. The van der Waals surface area contributed by atoms with Crippen LogP contribution in [0.15, 0.2) is 42.5 Å². The fraction of sp³-hybridized carbons (Fsp3) is 0.176. The first-order valence-electron chi connectivity index (χ1n) is 7.40. The maximum absolute atomic E-state index is 12.0. The Labute approximate surface area is 163 Å². The molecule has 2 aromatic carbocycles. The van der Waals surface area contributed by atoms with Gasteiger partial charge in [-0.25, -0.2) is 0 Å². The molecule has 0 aromatic heterocycles. The van der Waals surface area contributed by atoms with Gasteiger partial charge in [0.15, 0.2) is 18.1 Å². The summed E-state index contributed by atoms with van der Waals surface area (Å²) < 4.78 is 11.6. The highest BCUT2D eigenvalue weighted by atomic mass is 127. The number of hydrogen-bond donors (Lipinski definition) is 2. The number of rotatable bonds is 6. The smallest absolute Gasteiger partial charge is 0.276 e. The van der Waals surface area contributed by atoms with Crippen molar-refractivity contribution < 1.29 is 19.1 Å². The fourth-order valence-electron chi connectivity index (χ4n) is 1.86. The maximum Gasteiger partial charge on any atom is 0.276 e. The van der Waals surface area contributed by atoms with Crippen molar-refractivity contribution in [3.8, 4) is 11.5 Å². The van der Waals surface area contributed by atoms with Gasteiger partial charge in [0.2, 0.25) is 0 Å². The lowest BCUT2D eigenvalue weighted by molar-refractivity contribution is -0.123. The number of nitrogens with one attached hydrogen (secondary N) is 2. The van der Waals surface area contributed by atoms with Gasteiger partial charge in [0, 0.05) is 9.13 Å². The number of para-hydroxylation sites is 2. The van der Waals surface area contributed by atoms with E-state index in [1.165, 1.54) is 0 Å². The van der Waals surface area contributed by atoms with Gasteiger partial charge < -0.3 is 9.47 Å². The molecule has 0 radical (unpaired) electrons. The summed E-state index contributed by atoms with van der Waals surface area (Å²) in [5.41, 5.74) is 5.01. The number of carbonyl (C=O) groups excluding carboxylic acids is 2. The van der Waals surface area contributed by atoms with Crippen LogP contribution >= 0.6 is 34.2 Å². The van der Waals surface area contributed by atoms with Crippen molar-refractivity contribution in [1.29, 1.82) is 0 Å². The number of amides is 2. The number of carbonyl (C=O) groups is 2. The third-order valence-corrected chi connectivity index (χ3v) is 4.55. The summed E-state index contributed by atoms with van der Waals surface area (Å²) in [4.78, 5) is 23.8. The van der Waals surface area contributed by atoms with Gasteiger partial charge in [0.25, 0.3) is 11.8 Å². The van der Waals surface area contributed by atoms with Gasteiger partial charge in [-0.05, 0) is 59.8 Å². The van der Waals surface area contributed by atoms with E-state index in [9.17, 15) is 9.59 Å². The SMILES string of the molecule is CCOc1ccccc1OCC(=O)NNC(=O)c1ccc(Cl)c(I)c1. The quantitative estimate of drug-likeness (QED) is 0.498. The van der Waals surface area contributed by atoms with Crippen molar-refractivity contribution in [2.24, 2.45) is 0 Å². The van der Waals surface area contributed by atoms with Crippen LogP contribution in [0.2, 0.25) is 5.02 Å². The van der Waals surface area contributed by atoms with Crippen LogP contribution in [0.5, 0.6) is 11.5 Å². The van der Waals surface area contributed by atoms with Crippen LogP contribution < -0.4 is 20.3 Å². The predicted molar refractivity (Wildman–Crippen MR) is 103 cm³/mol. The van der Waals surface area contributed by atoms with Crippen LogP contribution in [-0.2, 0) is 4.79 Å². The summed E-state index contributed by atoms with van der Waals surface area (Å²) in [5, 5.41) is 0.558. The van der Waals surface area contributed by atoms with Crippen LogP contribution in [-0.4, -0.2) is 25.0 Å². The molecule has 0 aliphatic heterocycles.